The molecule has 1 aromatic rings. The molecule has 7 nitrogen and oxygen atoms in total. The number of carbonyl (C=O) groups excluding carboxylic acids is 2. The maximum absolute atomic E-state index is 12.7. The Bertz CT molecular complexity index is 677. The van der Waals surface area contributed by atoms with Gasteiger partial charge in [0.1, 0.15) is 13.3 Å². The molecule has 2 rings (SSSR count). The summed E-state index contributed by atoms with van der Waals surface area (Å²) < 4.78 is 7.44. The molecule has 1 saturated heterocycles. The second-order valence-electron chi connectivity index (χ2n) is 7.20. The summed E-state index contributed by atoms with van der Waals surface area (Å²) in [5.41, 5.74) is 9.31. The lowest BCUT2D eigenvalue weighted by Gasteiger charge is -2.27. The van der Waals surface area contributed by atoms with E-state index in [0.717, 1.165) is 12.0 Å². The molecular weight excluding hydrogens is 330 g/mol. The summed E-state index contributed by atoms with van der Waals surface area (Å²) >= 11 is 0. The summed E-state index contributed by atoms with van der Waals surface area (Å²) in [7, 11) is 0. The maximum atomic E-state index is 12.7. The highest BCUT2D eigenvalue weighted by Gasteiger charge is 2.36. The number of nitrogens with two attached hydrogens (primary N) is 2. The van der Waals surface area contributed by atoms with Gasteiger partial charge in [-0.2, -0.15) is 0 Å². The highest BCUT2D eigenvalue weighted by molar-refractivity contribution is 5.95. The molecule has 26 heavy (non-hydrogen) atoms. The minimum absolute atomic E-state index is 0.00431. The summed E-state index contributed by atoms with van der Waals surface area (Å²) in [6.07, 6.45) is 1.98. The first-order valence-corrected chi connectivity index (χ1v) is 9.02. The number of hydrogen-bond donors (Lipinski definition) is 4. The summed E-state index contributed by atoms with van der Waals surface area (Å²) in [6, 6.07) is 6.04. The van der Waals surface area contributed by atoms with Gasteiger partial charge in [-0.3, -0.25) is 15.0 Å². The van der Waals surface area contributed by atoms with E-state index in [9.17, 15) is 9.59 Å². The van der Waals surface area contributed by atoms with Gasteiger partial charge in [-0.25, -0.2) is 0 Å². The van der Waals surface area contributed by atoms with Crippen molar-refractivity contribution in [1.82, 2.24) is 10.2 Å². The van der Waals surface area contributed by atoms with Crippen LogP contribution in [-0.2, 0) is 16.1 Å². The lowest BCUT2D eigenvalue weighted by Crippen LogP contribution is -2.51. The summed E-state index contributed by atoms with van der Waals surface area (Å²) in [5, 5.41) is 10.3. The van der Waals surface area contributed by atoms with Crippen LogP contribution in [0.25, 0.3) is 0 Å². The van der Waals surface area contributed by atoms with Gasteiger partial charge in [0.05, 0.1) is 6.04 Å². The van der Waals surface area contributed by atoms with Gasteiger partial charge in [0, 0.05) is 18.7 Å². The van der Waals surface area contributed by atoms with Crippen molar-refractivity contribution < 1.29 is 11.0 Å². The van der Waals surface area contributed by atoms with E-state index >= 15 is 0 Å². The van der Waals surface area contributed by atoms with E-state index in [4.69, 9.17) is 12.6 Å². The number of benzene rings is 1. The van der Waals surface area contributed by atoms with E-state index in [-0.39, 0.29) is 23.6 Å². The van der Waals surface area contributed by atoms with Crippen molar-refractivity contribution >= 4 is 17.6 Å². The van der Waals surface area contributed by atoms with E-state index in [0.29, 0.717) is 31.5 Å². The Kier molecular flexibility index (Phi) is 6.22. The minimum atomic E-state index is -0.586. The van der Waals surface area contributed by atoms with Crippen LogP contribution in [-0.4, -0.2) is 41.2 Å². The molecule has 1 aromatic carbocycles. The number of likely N-dealkylation sites (tertiary alicyclic amines) is 1. The molecule has 0 aliphatic carbocycles. The van der Waals surface area contributed by atoms with Crippen LogP contribution in [0.3, 0.4) is 0 Å². The van der Waals surface area contributed by atoms with E-state index in [2.05, 4.69) is 11.0 Å². The van der Waals surface area contributed by atoms with Crippen molar-refractivity contribution in [3.05, 3.63) is 35.4 Å². The summed E-state index contributed by atoms with van der Waals surface area (Å²) in [5.74, 6) is -0.0683. The SMILES string of the molecule is [3H]NC(CC(C)C)C(=O)N1CCC[C@H]1C(=O)NCc1ccc(C(=N)N)cc1. The zero-order valence-electron chi connectivity index (χ0n) is 16.4. The Morgan fingerprint density at radius 3 is 2.65 bits per heavy atom. The quantitative estimate of drug-likeness (QED) is 0.406. The fraction of sp³-hybridized carbons (Fsp3) is 0.526. The normalized spacial score (nSPS) is 18.5. The molecule has 7 heteroatoms. The topological polar surface area (TPSA) is 125 Å². The molecule has 0 radical (unpaired) electrons. The molecule has 0 bridgehead atoms. The van der Waals surface area contributed by atoms with Crippen molar-refractivity contribution in [3.8, 4) is 0 Å². The fourth-order valence-electron chi connectivity index (χ4n) is 3.18. The van der Waals surface area contributed by atoms with Gasteiger partial charge in [-0.15, -0.1) is 0 Å². The first kappa shape index (κ1) is 18.4. The third kappa shape index (κ3) is 5.05. The van der Waals surface area contributed by atoms with Crippen molar-refractivity contribution in [2.24, 2.45) is 17.4 Å². The Balaban J connectivity index is 1.96. The molecule has 1 fully saturated rings. The number of nitrogens with zero attached hydrogens (tertiary/aromatic N) is 1. The van der Waals surface area contributed by atoms with Crippen LogP contribution in [0.1, 0.15) is 44.2 Å². The monoisotopic (exact) mass is 361 g/mol. The Labute approximate surface area is 156 Å². The van der Waals surface area contributed by atoms with E-state index in [1.165, 1.54) is 0 Å². The second kappa shape index (κ2) is 8.80. The minimum Gasteiger partial charge on any atom is -0.384 e. The summed E-state index contributed by atoms with van der Waals surface area (Å²) in [4.78, 5) is 26.9. The number of nitrogens with one attached hydrogen (secondary N) is 2. The lowest BCUT2D eigenvalue weighted by molar-refractivity contribution is -0.139. The molecule has 0 spiro atoms. The Morgan fingerprint density at radius 1 is 1.38 bits per heavy atom. The van der Waals surface area contributed by atoms with Crippen LogP contribution in [0, 0.1) is 11.3 Å². The molecule has 1 unspecified atom stereocenters. The molecule has 2 atom stereocenters. The smallest absolute Gasteiger partial charge is 0.243 e. The van der Waals surface area contributed by atoms with E-state index in [1.807, 2.05) is 26.0 Å². The van der Waals surface area contributed by atoms with Crippen LogP contribution in [0.2, 0.25) is 1.41 Å². The van der Waals surface area contributed by atoms with Crippen LogP contribution in [0.5, 0.6) is 0 Å². The largest absolute Gasteiger partial charge is 0.384 e. The predicted molar refractivity (Wildman–Crippen MR) is 101 cm³/mol. The highest BCUT2D eigenvalue weighted by atomic mass is 16.2. The molecular formula is C19H29N5O2. The van der Waals surface area contributed by atoms with E-state index < -0.39 is 12.1 Å². The number of rotatable bonds is 8. The van der Waals surface area contributed by atoms with Gasteiger partial charge >= 0.3 is 0 Å². The van der Waals surface area contributed by atoms with Crippen LogP contribution in [0.4, 0.5) is 0 Å². The van der Waals surface area contributed by atoms with E-state index in [1.54, 1.807) is 17.0 Å². The molecule has 2 amide bonds. The van der Waals surface area contributed by atoms with Crippen molar-refractivity contribution in [3.63, 3.8) is 0 Å². The Morgan fingerprint density at radius 2 is 2.08 bits per heavy atom. The molecule has 1 aliphatic rings. The fourth-order valence-corrected chi connectivity index (χ4v) is 3.18. The van der Waals surface area contributed by atoms with Gasteiger partial charge in [0.25, 0.3) is 0 Å². The first-order valence-electron chi connectivity index (χ1n) is 9.52. The standard InChI is InChI=1S/C19H29N5O2/c1-12(2)10-15(20)19(26)24-9-3-4-16(24)18(25)23-11-13-5-7-14(8-6-13)17(21)22/h5-8,12,15-16H,3-4,9-11,20H2,1-2H3,(H3,21,22)(H,23,25)/t15?,16-/m0/s1/i/hT. The summed E-state index contributed by atoms with van der Waals surface area (Å²) in [6.45, 7) is 4.90. The maximum Gasteiger partial charge on any atom is 0.243 e. The first-order chi connectivity index (χ1) is 12.8. The number of carbonyl (C=O) groups is 2. The van der Waals surface area contributed by atoms with Crippen molar-refractivity contribution in [1.29, 1.82) is 5.41 Å². The van der Waals surface area contributed by atoms with Crippen molar-refractivity contribution in [2.75, 3.05) is 6.54 Å². The molecule has 142 valence electrons. The van der Waals surface area contributed by atoms with Gasteiger partial charge in [0.15, 0.2) is 0 Å². The number of amidine groups is 1. The Hall–Kier alpha value is -2.41. The molecule has 0 saturated carbocycles. The van der Waals surface area contributed by atoms with Crippen molar-refractivity contribution in [2.45, 2.75) is 51.7 Å². The average molecular weight is 361 g/mol. The van der Waals surface area contributed by atoms with Crippen LogP contribution < -0.4 is 16.8 Å². The zero-order chi connectivity index (χ0) is 20.0. The van der Waals surface area contributed by atoms with Gasteiger partial charge in [-0.1, -0.05) is 38.1 Å². The molecule has 0 aromatic heterocycles. The third-order valence-corrected chi connectivity index (χ3v) is 4.58. The third-order valence-electron chi connectivity index (χ3n) is 4.58. The van der Waals surface area contributed by atoms with Crippen LogP contribution >= 0.6 is 0 Å². The number of hydrogen-bond acceptors (Lipinski definition) is 4. The molecule has 1 heterocycles. The lowest BCUT2D eigenvalue weighted by atomic mass is 10.0. The highest BCUT2D eigenvalue weighted by Crippen LogP contribution is 2.20. The average Bonchev–Trinajstić information content (AvgIpc) is 3.13. The number of amides is 2. The molecule has 1 aliphatic heterocycles. The van der Waals surface area contributed by atoms with Gasteiger partial charge in [0.2, 0.25) is 11.8 Å². The van der Waals surface area contributed by atoms with Gasteiger partial charge < -0.3 is 21.7 Å². The zero-order valence-corrected chi connectivity index (χ0v) is 15.4. The van der Waals surface area contributed by atoms with Gasteiger partial charge in [-0.05, 0) is 30.7 Å². The number of nitrogen functional groups attached to an aromatic ring is 1. The molecule has 6 N–H and O–H groups in total. The second-order valence-corrected chi connectivity index (χ2v) is 7.20. The van der Waals surface area contributed by atoms with Crippen LogP contribution in [0.15, 0.2) is 24.3 Å². The predicted octanol–water partition coefficient (Wildman–Crippen LogP) is 0.951.